The van der Waals surface area contributed by atoms with E-state index < -0.39 is 8.80 Å². The van der Waals surface area contributed by atoms with Crippen molar-refractivity contribution < 1.29 is 22.8 Å². The topological polar surface area (TPSA) is 46.2 Å². The van der Waals surface area contributed by atoms with Crippen LogP contribution >= 0.6 is 0 Å². The summed E-state index contributed by atoms with van der Waals surface area (Å²) in [5, 5.41) is 0. The molecule has 20 heavy (non-hydrogen) atoms. The average molecular weight is 300 g/mol. The molecule has 0 N–H and O–H groups in total. The highest BCUT2D eigenvalue weighted by molar-refractivity contribution is 6.60. The summed E-state index contributed by atoms with van der Waals surface area (Å²) >= 11 is 0. The van der Waals surface area contributed by atoms with Crippen LogP contribution in [0.1, 0.15) is 11.1 Å². The monoisotopic (exact) mass is 300 g/mol. The minimum atomic E-state index is -2.58. The number of rotatable bonds is 8. The van der Waals surface area contributed by atoms with Gasteiger partial charge in [0.1, 0.15) is 0 Å². The van der Waals surface area contributed by atoms with Crippen LogP contribution in [0.3, 0.4) is 0 Å². The maximum Gasteiger partial charge on any atom is 0.500 e. The quantitative estimate of drug-likeness (QED) is 0.690. The molecule has 0 unspecified atom stereocenters. The van der Waals surface area contributed by atoms with Crippen molar-refractivity contribution in [3.63, 3.8) is 0 Å². The van der Waals surface area contributed by atoms with E-state index in [9.17, 15) is 0 Å². The lowest BCUT2D eigenvalue weighted by Crippen LogP contribution is -2.43. The van der Waals surface area contributed by atoms with Crippen molar-refractivity contribution in [3.8, 4) is 11.5 Å². The summed E-state index contributed by atoms with van der Waals surface area (Å²) in [6.45, 7) is 2.03. The fourth-order valence-corrected chi connectivity index (χ4v) is 3.91. The molecule has 0 aliphatic heterocycles. The van der Waals surface area contributed by atoms with E-state index in [-0.39, 0.29) is 0 Å². The molecule has 0 atom stereocenters. The van der Waals surface area contributed by atoms with E-state index >= 15 is 0 Å². The zero-order valence-electron chi connectivity index (χ0n) is 13.1. The van der Waals surface area contributed by atoms with Gasteiger partial charge in [-0.3, -0.25) is 0 Å². The van der Waals surface area contributed by atoms with E-state index in [1.165, 1.54) is 0 Å². The summed E-state index contributed by atoms with van der Waals surface area (Å²) in [7, 11) is 5.56. The zero-order valence-corrected chi connectivity index (χ0v) is 14.1. The van der Waals surface area contributed by atoms with Gasteiger partial charge in [0.2, 0.25) is 0 Å². The van der Waals surface area contributed by atoms with Crippen LogP contribution in [-0.2, 0) is 19.7 Å². The molecule has 0 aromatic heterocycles. The number of aryl methyl sites for hydroxylation is 2. The largest absolute Gasteiger partial charge is 0.500 e. The molecule has 0 bridgehead atoms. The molecule has 5 nitrogen and oxygen atoms in total. The van der Waals surface area contributed by atoms with Gasteiger partial charge in [-0.1, -0.05) is 6.07 Å². The molecule has 114 valence electrons. The summed E-state index contributed by atoms with van der Waals surface area (Å²) in [4.78, 5) is 0. The molecule has 0 amide bonds. The van der Waals surface area contributed by atoms with E-state index in [0.29, 0.717) is 6.04 Å². The average Bonchev–Trinajstić information content (AvgIpc) is 2.48. The summed E-state index contributed by atoms with van der Waals surface area (Å²) in [6, 6.07) is 4.72. The Kier molecular flexibility index (Phi) is 6.48. The van der Waals surface area contributed by atoms with Crippen molar-refractivity contribution in [2.75, 3.05) is 35.5 Å². The molecule has 0 saturated heterocycles. The molecule has 0 spiro atoms. The van der Waals surface area contributed by atoms with Gasteiger partial charge in [0.15, 0.2) is 11.5 Å². The second kappa shape index (κ2) is 7.63. The van der Waals surface area contributed by atoms with Gasteiger partial charge in [0, 0.05) is 27.4 Å². The minimum absolute atomic E-state index is 0.680. The Balaban J connectivity index is 3.00. The van der Waals surface area contributed by atoms with Gasteiger partial charge in [0.25, 0.3) is 0 Å². The molecular weight excluding hydrogens is 276 g/mol. The Labute approximate surface area is 122 Å². The first kappa shape index (κ1) is 17.0. The van der Waals surface area contributed by atoms with Crippen molar-refractivity contribution in [2.45, 2.75) is 19.4 Å². The third kappa shape index (κ3) is 3.73. The van der Waals surface area contributed by atoms with Crippen LogP contribution in [-0.4, -0.2) is 44.4 Å². The highest BCUT2D eigenvalue weighted by atomic mass is 28.4. The molecule has 0 saturated carbocycles. The van der Waals surface area contributed by atoms with Crippen LogP contribution in [0.25, 0.3) is 0 Å². The molecule has 1 rings (SSSR count). The van der Waals surface area contributed by atoms with Crippen LogP contribution < -0.4 is 9.47 Å². The number of hydrogen-bond acceptors (Lipinski definition) is 5. The fraction of sp³-hybridized carbons (Fsp3) is 0.571. The molecule has 0 heterocycles. The van der Waals surface area contributed by atoms with E-state index in [0.717, 1.165) is 29.0 Å². The molecule has 0 radical (unpaired) electrons. The lowest BCUT2D eigenvalue weighted by Gasteiger charge is -2.24. The number of benzene rings is 1. The number of ether oxygens (including phenoxy) is 2. The van der Waals surface area contributed by atoms with Crippen molar-refractivity contribution >= 4 is 8.80 Å². The molecule has 0 aliphatic carbocycles. The van der Waals surface area contributed by atoms with Crippen LogP contribution in [0.4, 0.5) is 0 Å². The summed E-state index contributed by atoms with van der Waals surface area (Å²) in [6.07, 6.45) is 0.739. The SMILES string of the molecule is COc1cc(C)cc(CC[Si](OC)(OC)OC)c1OC. The van der Waals surface area contributed by atoms with Gasteiger partial charge < -0.3 is 22.8 Å². The Morgan fingerprint density at radius 2 is 1.50 bits per heavy atom. The smallest absolute Gasteiger partial charge is 0.493 e. The van der Waals surface area contributed by atoms with Crippen LogP contribution in [0.15, 0.2) is 12.1 Å². The Bertz CT molecular complexity index is 424. The molecule has 0 fully saturated rings. The highest BCUT2D eigenvalue weighted by Gasteiger charge is 2.37. The molecular formula is C14H24O5Si. The van der Waals surface area contributed by atoms with Crippen LogP contribution in [0.2, 0.25) is 6.04 Å². The van der Waals surface area contributed by atoms with Crippen LogP contribution in [0.5, 0.6) is 11.5 Å². The Morgan fingerprint density at radius 3 is 1.95 bits per heavy atom. The first-order valence-electron chi connectivity index (χ1n) is 6.42. The zero-order chi connectivity index (χ0) is 15.2. The lowest BCUT2D eigenvalue weighted by atomic mass is 10.1. The third-order valence-corrected chi connectivity index (χ3v) is 6.06. The first-order chi connectivity index (χ1) is 9.55. The normalized spacial score (nSPS) is 11.5. The predicted octanol–water partition coefficient (Wildman–Crippen LogP) is 2.43. The standard InChI is InChI=1S/C14H24O5Si/c1-11-9-12(14(16-3)13(10-11)15-2)7-8-20(17-4,18-5)19-6/h9-10H,7-8H2,1-6H3. The summed E-state index contributed by atoms with van der Waals surface area (Å²) in [5.41, 5.74) is 2.18. The van der Waals surface area contributed by atoms with E-state index in [1.54, 1.807) is 35.5 Å². The Morgan fingerprint density at radius 1 is 0.900 bits per heavy atom. The maximum atomic E-state index is 5.46. The van der Waals surface area contributed by atoms with Crippen LogP contribution in [0, 0.1) is 6.92 Å². The van der Waals surface area contributed by atoms with Gasteiger partial charge in [-0.25, -0.2) is 0 Å². The van der Waals surface area contributed by atoms with Gasteiger partial charge >= 0.3 is 8.80 Å². The van der Waals surface area contributed by atoms with E-state index in [2.05, 4.69) is 6.07 Å². The number of methoxy groups -OCH3 is 2. The van der Waals surface area contributed by atoms with Crippen molar-refractivity contribution in [2.24, 2.45) is 0 Å². The lowest BCUT2D eigenvalue weighted by molar-refractivity contribution is 0.123. The third-order valence-electron chi connectivity index (χ3n) is 3.33. The van der Waals surface area contributed by atoms with Gasteiger partial charge in [-0.05, 0) is 30.5 Å². The van der Waals surface area contributed by atoms with E-state index in [1.807, 2.05) is 13.0 Å². The van der Waals surface area contributed by atoms with E-state index in [4.69, 9.17) is 22.8 Å². The molecule has 1 aromatic rings. The van der Waals surface area contributed by atoms with Gasteiger partial charge in [-0.15, -0.1) is 0 Å². The van der Waals surface area contributed by atoms with Crippen molar-refractivity contribution in [3.05, 3.63) is 23.3 Å². The maximum absolute atomic E-state index is 5.46. The molecule has 1 aromatic carbocycles. The Hall–Kier alpha value is -1.08. The number of hydrogen-bond donors (Lipinski definition) is 0. The fourth-order valence-electron chi connectivity index (χ4n) is 2.23. The molecule has 6 heteroatoms. The summed E-state index contributed by atoms with van der Waals surface area (Å²) in [5.74, 6) is 1.49. The van der Waals surface area contributed by atoms with Crippen molar-refractivity contribution in [1.82, 2.24) is 0 Å². The second-order valence-corrected chi connectivity index (χ2v) is 7.55. The van der Waals surface area contributed by atoms with Crippen molar-refractivity contribution in [1.29, 1.82) is 0 Å². The van der Waals surface area contributed by atoms with Gasteiger partial charge in [0.05, 0.1) is 14.2 Å². The summed E-state index contributed by atoms with van der Waals surface area (Å²) < 4.78 is 27.1. The highest BCUT2D eigenvalue weighted by Crippen LogP contribution is 2.34. The predicted molar refractivity (Wildman–Crippen MR) is 79.6 cm³/mol. The second-order valence-electron chi connectivity index (χ2n) is 4.45. The molecule has 0 aliphatic rings. The van der Waals surface area contributed by atoms with Gasteiger partial charge in [-0.2, -0.15) is 0 Å². The minimum Gasteiger partial charge on any atom is -0.493 e. The first-order valence-corrected chi connectivity index (χ1v) is 8.36.